The molecular formula is C19H17ClFN5O. The van der Waals surface area contributed by atoms with Gasteiger partial charge in [0.25, 0.3) is 5.91 Å². The molecule has 6 nitrogen and oxygen atoms in total. The Morgan fingerprint density at radius 1 is 1.26 bits per heavy atom. The Balaban J connectivity index is 1.68. The molecule has 0 aliphatic carbocycles. The van der Waals surface area contributed by atoms with Crippen LogP contribution in [0, 0.1) is 5.82 Å². The summed E-state index contributed by atoms with van der Waals surface area (Å²) in [6.07, 6.45) is 1.41. The number of primary amides is 1. The third-order valence-corrected chi connectivity index (χ3v) is 5.13. The van der Waals surface area contributed by atoms with E-state index in [9.17, 15) is 9.18 Å². The summed E-state index contributed by atoms with van der Waals surface area (Å²) in [5.74, 6) is -0.259. The van der Waals surface area contributed by atoms with Gasteiger partial charge in [0.05, 0.1) is 16.1 Å². The second-order valence-corrected chi connectivity index (χ2v) is 6.88. The van der Waals surface area contributed by atoms with Gasteiger partial charge in [0.1, 0.15) is 18.0 Å². The van der Waals surface area contributed by atoms with Gasteiger partial charge >= 0.3 is 0 Å². The molecule has 138 valence electrons. The summed E-state index contributed by atoms with van der Waals surface area (Å²) in [6, 6.07) is 10.0. The van der Waals surface area contributed by atoms with Gasteiger partial charge in [-0.2, -0.15) is 0 Å². The first-order chi connectivity index (χ1) is 13.0. The van der Waals surface area contributed by atoms with Crippen LogP contribution in [0.4, 0.5) is 10.2 Å². The average Bonchev–Trinajstić information content (AvgIpc) is 3.12. The van der Waals surface area contributed by atoms with Gasteiger partial charge in [-0.3, -0.25) is 4.79 Å². The van der Waals surface area contributed by atoms with Crippen LogP contribution in [0.5, 0.6) is 0 Å². The van der Waals surface area contributed by atoms with Crippen LogP contribution in [0.2, 0.25) is 5.02 Å². The van der Waals surface area contributed by atoms with Crippen LogP contribution in [0.1, 0.15) is 21.8 Å². The SMILES string of the molecule is NC(=O)c1cccc2c(N[C@H]3CNC[C@@H]3c3ccc(F)c(Cl)c3)ncnc12. The van der Waals surface area contributed by atoms with Crippen LogP contribution < -0.4 is 16.4 Å². The number of carbonyl (C=O) groups excluding carboxylic acids is 1. The smallest absolute Gasteiger partial charge is 0.250 e. The number of aromatic nitrogens is 2. The highest BCUT2D eigenvalue weighted by Crippen LogP contribution is 2.30. The van der Waals surface area contributed by atoms with Crippen LogP contribution in [0.3, 0.4) is 0 Å². The van der Waals surface area contributed by atoms with Crippen LogP contribution in [0.25, 0.3) is 10.9 Å². The van der Waals surface area contributed by atoms with Gasteiger partial charge in [-0.05, 0) is 29.8 Å². The van der Waals surface area contributed by atoms with E-state index in [-0.39, 0.29) is 17.0 Å². The lowest BCUT2D eigenvalue weighted by atomic mass is 9.94. The monoisotopic (exact) mass is 385 g/mol. The molecule has 0 bridgehead atoms. The minimum Gasteiger partial charge on any atom is -0.366 e. The molecule has 2 heterocycles. The van der Waals surface area contributed by atoms with Crippen molar-refractivity contribution in [3.05, 3.63) is 64.7 Å². The van der Waals surface area contributed by atoms with Gasteiger partial charge in [-0.25, -0.2) is 14.4 Å². The van der Waals surface area contributed by atoms with Crippen molar-refractivity contribution in [3.63, 3.8) is 0 Å². The first-order valence-corrected chi connectivity index (χ1v) is 8.88. The topological polar surface area (TPSA) is 92.9 Å². The van der Waals surface area contributed by atoms with E-state index in [4.69, 9.17) is 17.3 Å². The molecule has 4 rings (SSSR count). The number of nitrogens with one attached hydrogen (secondary N) is 2. The fraction of sp³-hybridized carbons (Fsp3) is 0.211. The number of rotatable bonds is 4. The van der Waals surface area contributed by atoms with Crippen molar-refractivity contribution in [2.75, 3.05) is 18.4 Å². The summed E-state index contributed by atoms with van der Waals surface area (Å²) in [5.41, 5.74) is 7.25. The molecule has 27 heavy (non-hydrogen) atoms. The van der Waals surface area contributed by atoms with Gasteiger partial charge < -0.3 is 16.4 Å². The molecule has 1 aliphatic heterocycles. The summed E-state index contributed by atoms with van der Waals surface area (Å²) in [4.78, 5) is 20.2. The van der Waals surface area contributed by atoms with Crippen molar-refractivity contribution < 1.29 is 9.18 Å². The number of carbonyl (C=O) groups is 1. The Kier molecular flexibility index (Phi) is 4.63. The molecule has 2 atom stereocenters. The van der Waals surface area contributed by atoms with E-state index in [1.807, 2.05) is 6.07 Å². The van der Waals surface area contributed by atoms with Gasteiger partial charge in [-0.15, -0.1) is 0 Å². The number of nitrogens with zero attached hydrogens (tertiary/aromatic N) is 2. The summed E-state index contributed by atoms with van der Waals surface area (Å²) < 4.78 is 13.5. The van der Waals surface area contributed by atoms with Crippen LogP contribution in [-0.2, 0) is 0 Å². The van der Waals surface area contributed by atoms with Gasteiger partial charge in [-0.1, -0.05) is 23.7 Å². The van der Waals surface area contributed by atoms with Gasteiger partial charge in [0, 0.05) is 30.4 Å². The molecule has 1 aromatic heterocycles. The summed E-state index contributed by atoms with van der Waals surface area (Å²) in [6.45, 7) is 1.44. The largest absolute Gasteiger partial charge is 0.366 e. The number of fused-ring (bicyclic) bond motifs is 1. The molecule has 0 radical (unpaired) electrons. The Bertz CT molecular complexity index is 1030. The van der Waals surface area contributed by atoms with E-state index in [1.54, 1.807) is 24.3 Å². The predicted molar refractivity (Wildman–Crippen MR) is 102 cm³/mol. The summed E-state index contributed by atoms with van der Waals surface area (Å²) in [7, 11) is 0. The predicted octanol–water partition coefficient (Wildman–Crippen LogP) is 2.69. The first kappa shape index (κ1) is 17.6. The molecule has 1 amide bonds. The molecule has 0 spiro atoms. The Hall–Kier alpha value is -2.77. The molecule has 1 saturated heterocycles. The normalized spacial score (nSPS) is 19.3. The standard InChI is InChI=1S/C19H17ClFN5O/c20-14-6-10(4-5-15(14)21)13-7-23-8-16(13)26-19-12-3-1-2-11(18(22)27)17(12)24-9-25-19/h1-6,9,13,16,23H,7-8H2,(H2,22,27)(H,24,25,26)/t13-,16+/m1/s1. The molecule has 4 N–H and O–H groups in total. The third kappa shape index (κ3) is 3.31. The van der Waals surface area contributed by atoms with Crippen molar-refractivity contribution in [3.8, 4) is 0 Å². The second-order valence-electron chi connectivity index (χ2n) is 6.48. The lowest BCUT2D eigenvalue weighted by Gasteiger charge is -2.22. The third-order valence-electron chi connectivity index (χ3n) is 4.84. The number of nitrogens with two attached hydrogens (primary N) is 1. The van der Waals surface area contributed by atoms with E-state index in [0.29, 0.717) is 23.4 Å². The number of hydrogen-bond donors (Lipinski definition) is 3. The average molecular weight is 386 g/mol. The fourth-order valence-electron chi connectivity index (χ4n) is 3.50. The maximum atomic E-state index is 13.5. The van der Waals surface area contributed by atoms with Crippen LogP contribution >= 0.6 is 11.6 Å². The maximum Gasteiger partial charge on any atom is 0.250 e. The first-order valence-electron chi connectivity index (χ1n) is 8.50. The fourth-order valence-corrected chi connectivity index (χ4v) is 3.69. The highest BCUT2D eigenvalue weighted by Gasteiger charge is 2.29. The number of amides is 1. The van der Waals surface area contributed by atoms with E-state index in [0.717, 1.165) is 17.5 Å². The lowest BCUT2D eigenvalue weighted by Crippen LogP contribution is -2.28. The van der Waals surface area contributed by atoms with Gasteiger partial charge in [0.2, 0.25) is 0 Å². The second kappa shape index (κ2) is 7.09. The van der Waals surface area contributed by atoms with Gasteiger partial charge in [0.15, 0.2) is 0 Å². The summed E-state index contributed by atoms with van der Waals surface area (Å²) >= 11 is 5.95. The Morgan fingerprint density at radius 2 is 2.11 bits per heavy atom. The number of halogens is 2. The number of para-hydroxylation sites is 1. The van der Waals surface area contributed by atoms with Crippen molar-refractivity contribution in [1.29, 1.82) is 0 Å². The molecular weight excluding hydrogens is 369 g/mol. The summed E-state index contributed by atoms with van der Waals surface area (Å²) in [5, 5.41) is 7.59. The van der Waals surface area contributed by atoms with Crippen molar-refractivity contribution in [1.82, 2.24) is 15.3 Å². The van der Waals surface area contributed by atoms with Crippen molar-refractivity contribution in [2.24, 2.45) is 5.73 Å². The van der Waals surface area contributed by atoms with E-state index in [1.165, 1.54) is 12.4 Å². The zero-order valence-electron chi connectivity index (χ0n) is 14.2. The van der Waals surface area contributed by atoms with E-state index in [2.05, 4.69) is 20.6 Å². The molecule has 2 aromatic carbocycles. The number of anilines is 1. The zero-order valence-corrected chi connectivity index (χ0v) is 15.0. The minimum atomic E-state index is -0.536. The van der Waals surface area contributed by atoms with E-state index < -0.39 is 11.7 Å². The zero-order chi connectivity index (χ0) is 19.0. The van der Waals surface area contributed by atoms with E-state index >= 15 is 0 Å². The highest BCUT2D eigenvalue weighted by molar-refractivity contribution is 6.30. The van der Waals surface area contributed by atoms with Crippen molar-refractivity contribution in [2.45, 2.75) is 12.0 Å². The number of hydrogen-bond acceptors (Lipinski definition) is 5. The molecule has 0 unspecified atom stereocenters. The Labute approximate surface area is 159 Å². The number of benzene rings is 2. The highest BCUT2D eigenvalue weighted by atomic mass is 35.5. The molecule has 1 aliphatic rings. The Morgan fingerprint density at radius 3 is 2.89 bits per heavy atom. The van der Waals surface area contributed by atoms with Crippen LogP contribution in [-0.4, -0.2) is 35.0 Å². The molecule has 0 saturated carbocycles. The molecule has 1 fully saturated rings. The quantitative estimate of drug-likeness (QED) is 0.642. The minimum absolute atomic E-state index is 0.0156. The van der Waals surface area contributed by atoms with Crippen LogP contribution in [0.15, 0.2) is 42.7 Å². The van der Waals surface area contributed by atoms with Crippen molar-refractivity contribution >= 4 is 34.2 Å². The maximum absolute atomic E-state index is 13.5. The molecule has 3 aromatic rings. The molecule has 8 heteroatoms. The lowest BCUT2D eigenvalue weighted by molar-refractivity contribution is 0.100.